The van der Waals surface area contributed by atoms with Gasteiger partial charge in [0.25, 0.3) is 5.91 Å². The van der Waals surface area contributed by atoms with E-state index in [-0.39, 0.29) is 30.8 Å². The number of nitrogens with zero attached hydrogens (tertiary/aromatic N) is 3. The molecule has 10 heteroatoms. The van der Waals surface area contributed by atoms with Crippen LogP contribution in [0, 0.1) is 5.92 Å². The smallest absolute Gasteiger partial charge is 0.328 e. The largest absolute Gasteiger partial charge is 0.467 e. The van der Waals surface area contributed by atoms with E-state index in [1.54, 1.807) is 21.9 Å². The number of nitrogens with one attached hydrogen (secondary N) is 1. The van der Waals surface area contributed by atoms with Crippen LogP contribution in [0.4, 0.5) is 5.69 Å². The third-order valence-corrected chi connectivity index (χ3v) is 6.59. The first kappa shape index (κ1) is 25.5. The summed E-state index contributed by atoms with van der Waals surface area (Å²) >= 11 is 0. The lowest BCUT2D eigenvalue weighted by Crippen LogP contribution is -2.86. The lowest BCUT2D eigenvalue weighted by Gasteiger charge is -2.42. The van der Waals surface area contributed by atoms with Crippen molar-refractivity contribution in [2.45, 2.75) is 31.8 Å². The Balaban J connectivity index is 1.78. The molecule has 0 aromatic heterocycles. The standard InChI is InChI=1S/C24H35N5O5/c1-16(24(33)34-4)26-21(30)20-15-28(22(31)17-5-7-19(8-6-17)27(2)3)13-14-29(20)23(32)18-9-11-25-12-10-18/h5-8,16,18,20,25H,9-15H2,1-4H3,(H,26,30)/p+1/t16-,20-/m1/s1. The monoisotopic (exact) mass is 474 g/mol. The van der Waals surface area contributed by atoms with Gasteiger partial charge in [-0.15, -0.1) is 0 Å². The molecule has 0 spiro atoms. The van der Waals surface area contributed by atoms with Gasteiger partial charge in [0.05, 0.1) is 26.7 Å². The molecule has 1 aromatic carbocycles. The molecule has 0 aliphatic carbocycles. The van der Waals surface area contributed by atoms with Gasteiger partial charge < -0.3 is 30.1 Å². The summed E-state index contributed by atoms with van der Waals surface area (Å²) in [6.07, 6.45) is 1.53. The SMILES string of the molecule is COC(=O)[C@@H](C)NC(=O)[C@H]1CN(C(=O)c2ccc(N(C)C)cc2)CCN1C(=O)C1CC[NH2+]CC1. The Morgan fingerprint density at radius 3 is 2.32 bits per heavy atom. The highest BCUT2D eigenvalue weighted by Crippen LogP contribution is 2.21. The molecule has 2 fully saturated rings. The molecule has 2 atom stereocenters. The van der Waals surface area contributed by atoms with Crippen LogP contribution in [0.2, 0.25) is 0 Å². The lowest BCUT2D eigenvalue weighted by atomic mass is 9.95. The summed E-state index contributed by atoms with van der Waals surface area (Å²) in [4.78, 5) is 56.7. The van der Waals surface area contributed by atoms with Crippen LogP contribution < -0.4 is 15.5 Å². The van der Waals surface area contributed by atoms with Crippen LogP contribution in [0.1, 0.15) is 30.1 Å². The van der Waals surface area contributed by atoms with Crippen LogP contribution in [0.15, 0.2) is 24.3 Å². The second-order valence-corrected chi connectivity index (χ2v) is 9.13. The maximum Gasteiger partial charge on any atom is 0.328 e. The van der Waals surface area contributed by atoms with E-state index in [9.17, 15) is 19.2 Å². The van der Waals surface area contributed by atoms with Gasteiger partial charge in [0.15, 0.2) is 0 Å². The quantitative estimate of drug-likeness (QED) is 0.514. The van der Waals surface area contributed by atoms with Crippen molar-refractivity contribution in [3.8, 4) is 0 Å². The minimum Gasteiger partial charge on any atom is -0.467 e. The van der Waals surface area contributed by atoms with Crippen LogP contribution in [-0.2, 0) is 19.1 Å². The molecule has 2 saturated heterocycles. The molecule has 2 aliphatic heterocycles. The Bertz CT molecular complexity index is 898. The van der Waals surface area contributed by atoms with Crippen molar-refractivity contribution in [2.24, 2.45) is 5.92 Å². The molecule has 0 saturated carbocycles. The fraction of sp³-hybridized carbons (Fsp3) is 0.583. The second-order valence-electron chi connectivity index (χ2n) is 9.13. The molecular formula is C24H36N5O5+. The van der Waals surface area contributed by atoms with Gasteiger partial charge in [-0.3, -0.25) is 14.4 Å². The molecule has 0 radical (unpaired) electrons. The fourth-order valence-electron chi connectivity index (χ4n) is 4.49. The van der Waals surface area contributed by atoms with E-state index in [0.29, 0.717) is 12.1 Å². The number of piperazine rings is 1. The minimum absolute atomic E-state index is 0.0543. The van der Waals surface area contributed by atoms with E-state index in [1.807, 2.05) is 31.1 Å². The third kappa shape index (κ3) is 5.85. The average molecular weight is 475 g/mol. The molecule has 3 amide bonds. The number of ether oxygens (including phenoxy) is 1. The van der Waals surface area contributed by atoms with Crippen LogP contribution in [0.5, 0.6) is 0 Å². The maximum atomic E-state index is 13.3. The summed E-state index contributed by atoms with van der Waals surface area (Å²) in [5.41, 5.74) is 1.50. The van der Waals surface area contributed by atoms with Gasteiger partial charge in [0.2, 0.25) is 11.8 Å². The predicted octanol–water partition coefficient (Wildman–Crippen LogP) is -0.943. The van der Waals surface area contributed by atoms with E-state index >= 15 is 0 Å². The molecule has 3 N–H and O–H groups in total. The predicted molar refractivity (Wildman–Crippen MR) is 126 cm³/mol. The number of esters is 1. The molecule has 186 valence electrons. The number of carbonyl (C=O) groups is 4. The molecule has 3 rings (SSSR count). The van der Waals surface area contributed by atoms with Crippen LogP contribution >= 0.6 is 0 Å². The van der Waals surface area contributed by atoms with E-state index in [2.05, 4.69) is 10.6 Å². The molecular weight excluding hydrogens is 438 g/mol. The van der Waals surface area contributed by atoms with E-state index < -0.39 is 24.0 Å². The number of anilines is 1. The van der Waals surface area contributed by atoms with Crippen molar-refractivity contribution in [3.05, 3.63) is 29.8 Å². The third-order valence-electron chi connectivity index (χ3n) is 6.59. The zero-order valence-corrected chi connectivity index (χ0v) is 20.5. The lowest BCUT2D eigenvalue weighted by molar-refractivity contribution is -0.664. The van der Waals surface area contributed by atoms with Gasteiger partial charge >= 0.3 is 5.97 Å². The molecule has 1 aromatic rings. The number of quaternary nitrogens is 1. The average Bonchev–Trinajstić information content (AvgIpc) is 2.87. The molecule has 0 unspecified atom stereocenters. The number of piperidine rings is 1. The van der Waals surface area contributed by atoms with Crippen LogP contribution in [0.25, 0.3) is 0 Å². The Labute approximate surface area is 200 Å². The van der Waals surface area contributed by atoms with Crippen molar-refractivity contribution < 1.29 is 29.2 Å². The van der Waals surface area contributed by atoms with Gasteiger partial charge in [0.1, 0.15) is 12.1 Å². The number of amides is 3. The number of hydrogen-bond donors (Lipinski definition) is 2. The second kappa shape index (κ2) is 11.3. The minimum atomic E-state index is -0.871. The first-order chi connectivity index (χ1) is 16.2. The Kier molecular flexibility index (Phi) is 8.49. The maximum absolute atomic E-state index is 13.3. The molecule has 0 bridgehead atoms. The molecule has 2 heterocycles. The first-order valence-corrected chi connectivity index (χ1v) is 11.8. The zero-order chi connectivity index (χ0) is 24.8. The summed E-state index contributed by atoms with van der Waals surface area (Å²) in [7, 11) is 5.11. The first-order valence-electron chi connectivity index (χ1n) is 11.8. The van der Waals surface area contributed by atoms with Crippen LogP contribution in [0.3, 0.4) is 0 Å². The topological polar surface area (TPSA) is 116 Å². The Morgan fingerprint density at radius 1 is 1.09 bits per heavy atom. The number of nitrogens with two attached hydrogens (primary N) is 1. The van der Waals surface area contributed by atoms with E-state index in [0.717, 1.165) is 31.6 Å². The summed E-state index contributed by atoms with van der Waals surface area (Å²) in [5, 5.41) is 4.83. The number of methoxy groups -OCH3 is 1. The van der Waals surface area contributed by atoms with Crippen LogP contribution in [-0.4, -0.2) is 99.5 Å². The Morgan fingerprint density at radius 2 is 1.74 bits per heavy atom. The Hall–Kier alpha value is -3.14. The summed E-state index contributed by atoms with van der Waals surface area (Å²) < 4.78 is 4.71. The van der Waals surface area contributed by atoms with Gasteiger partial charge in [0, 0.05) is 57.2 Å². The highest BCUT2D eigenvalue weighted by molar-refractivity contribution is 5.96. The summed E-state index contributed by atoms with van der Waals surface area (Å²) in [6.45, 7) is 3.98. The van der Waals surface area contributed by atoms with Gasteiger partial charge in [-0.1, -0.05) is 0 Å². The fourth-order valence-corrected chi connectivity index (χ4v) is 4.49. The van der Waals surface area contributed by atoms with Gasteiger partial charge in [-0.05, 0) is 31.2 Å². The number of carbonyl (C=O) groups excluding carboxylic acids is 4. The number of benzene rings is 1. The van der Waals surface area contributed by atoms with E-state index in [1.165, 1.54) is 14.0 Å². The molecule has 2 aliphatic rings. The van der Waals surface area contributed by atoms with Gasteiger partial charge in [-0.25, -0.2) is 4.79 Å². The highest BCUT2D eigenvalue weighted by atomic mass is 16.5. The van der Waals surface area contributed by atoms with Crippen molar-refractivity contribution >= 4 is 29.4 Å². The summed E-state index contributed by atoms with van der Waals surface area (Å²) in [6, 6.07) is 5.54. The molecule has 34 heavy (non-hydrogen) atoms. The highest BCUT2D eigenvalue weighted by Gasteiger charge is 2.40. The normalized spacial score (nSPS) is 19.8. The summed E-state index contributed by atoms with van der Waals surface area (Å²) in [5.74, 6) is -1.41. The van der Waals surface area contributed by atoms with Crippen molar-refractivity contribution in [2.75, 3.05) is 58.8 Å². The van der Waals surface area contributed by atoms with Gasteiger partial charge in [-0.2, -0.15) is 0 Å². The van der Waals surface area contributed by atoms with Crippen molar-refractivity contribution in [3.63, 3.8) is 0 Å². The van der Waals surface area contributed by atoms with Crippen molar-refractivity contribution in [1.82, 2.24) is 15.1 Å². The zero-order valence-electron chi connectivity index (χ0n) is 20.5. The number of hydrogen-bond acceptors (Lipinski definition) is 6. The number of rotatable bonds is 6. The molecule has 10 nitrogen and oxygen atoms in total. The van der Waals surface area contributed by atoms with E-state index in [4.69, 9.17) is 4.74 Å². The van der Waals surface area contributed by atoms with Crippen molar-refractivity contribution in [1.29, 1.82) is 0 Å².